The van der Waals surface area contributed by atoms with Crippen LogP contribution in [0.5, 0.6) is 23.0 Å². The Morgan fingerprint density at radius 2 is 1.38 bits per heavy atom. The lowest BCUT2D eigenvalue weighted by Gasteiger charge is -2.28. The van der Waals surface area contributed by atoms with Crippen LogP contribution in [-0.4, -0.2) is 31.4 Å². The normalized spacial score (nSPS) is 12.2. The van der Waals surface area contributed by atoms with Gasteiger partial charge >= 0.3 is 11.9 Å². The zero-order valence-corrected chi connectivity index (χ0v) is 25.4. The summed E-state index contributed by atoms with van der Waals surface area (Å²) in [5, 5.41) is 0. The van der Waals surface area contributed by atoms with Gasteiger partial charge in [0.2, 0.25) is 5.75 Å². The zero-order chi connectivity index (χ0) is 30.5. The predicted octanol–water partition coefficient (Wildman–Crippen LogP) is 7.36. The highest BCUT2D eigenvalue weighted by atomic mass is 16.6. The highest BCUT2D eigenvalue weighted by molar-refractivity contribution is 6.07. The van der Waals surface area contributed by atoms with Gasteiger partial charge in [0.1, 0.15) is 5.75 Å². The zero-order valence-electron chi connectivity index (χ0n) is 25.4. The van der Waals surface area contributed by atoms with Crippen LogP contribution in [0.25, 0.3) is 6.08 Å². The SMILES string of the molecule is C=CC(C)(C)c1cc(C=CC(=O)c2ccc(OC(=O)C(C)(C)C)cc2)c(OCC)c(OC)c1OC(=O)C(C)(C)C. The van der Waals surface area contributed by atoms with Gasteiger partial charge in [0.05, 0.1) is 24.5 Å². The van der Waals surface area contributed by atoms with Crippen LogP contribution in [0.1, 0.15) is 83.8 Å². The second-order valence-electron chi connectivity index (χ2n) is 12.1. The number of methoxy groups -OCH3 is 1. The van der Waals surface area contributed by atoms with E-state index in [1.165, 1.54) is 13.2 Å². The number of rotatable bonds is 10. The van der Waals surface area contributed by atoms with Crippen molar-refractivity contribution in [3.63, 3.8) is 0 Å². The summed E-state index contributed by atoms with van der Waals surface area (Å²) in [5.41, 5.74) is -0.369. The van der Waals surface area contributed by atoms with Crippen LogP contribution in [0.4, 0.5) is 0 Å². The third-order valence-corrected chi connectivity index (χ3v) is 6.10. The number of carbonyl (C=O) groups is 3. The number of benzene rings is 2. The average Bonchev–Trinajstić information content (AvgIpc) is 2.87. The fourth-order valence-corrected chi connectivity index (χ4v) is 3.39. The lowest BCUT2D eigenvalue weighted by molar-refractivity contribution is -0.143. The summed E-state index contributed by atoms with van der Waals surface area (Å²) in [6, 6.07) is 8.19. The van der Waals surface area contributed by atoms with E-state index in [4.69, 9.17) is 18.9 Å². The molecule has 216 valence electrons. The van der Waals surface area contributed by atoms with Crippen LogP contribution in [0.3, 0.4) is 0 Å². The van der Waals surface area contributed by atoms with Gasteiger partial charge in [-0.2, -0.15) is 0 Å². The Bertz CT molecular complexity index is 1280. The molecule has 7 nitrogen and oxygen atoms in total. The third kappa shape index (κ3) is 7.84. The number of carbonyl (C=O) groups excluding carboxylic acids is 3. The molecule has 2 aromatic carbocycles. The highest BCUT2D eigenvalue weighted by Crippen LogP contribution is 2.48. The molecule has 2 rings (SSSR count). The first kappa shape index (κ1) is 32.3. The van der Waals surface area contributed by atoms with Gasteiger partial charge in [-0.15, -0.1) is 6.58 Å². The van der Waals surface area contributed by atoms with Crippen molar-refractivity contribution >= 4 is 23.8 Å². The first-order valence-electron chi connectivity index (χ1n) is 13.2. The molecule has 0 radical (unpaired) electrons. The van der Waals surface area contributed by atoms with Crippen molar-refractivity contribution in [2.45, 2.75) is 67.7 Å². The van der Waals surface area contributed by atoms with Gasteiger partial charge in [-0.3, -0.25) is 14.4 Å². The van der Waals surface area contributed by atoms with Crippen LogP contribution < -0.4 is 18.9 Å². The summed E-state index contributed by atoms with van der Waals surface area (Å²) in [7, 11) is 1.48. The molecule has 0 fully saturated rings. The van der Waals surface area contributed by atoms with Crippen molar-refractivity contribution in [3.05, 3.63) is 65.8 Å². The lowest BCUT2D eigenvalue weighted by Crippen LogP contribution is -2.27. The first-order valence-corrected chi connectivity index (χ1v) is 13.2. The summed E-state index contributed by atoms with van der Waals surface area (Å²) in [4.78, 5) is 38.1. The van der Waals surface area contributed by atoms with Gasteiger partial charge in [-0.1, -0.05) is 19.9 Å². The van der Waals surface area contributed by atoms with E-state index in [0.29, 0.717) is 34.8 Å². The summed E-state index contributed by atoms with van der Waals surface area (Å²) >= 11 is 0. The van der Waals surface area contributed by atoms with Crippen molar-refractivity contribution in [2.75, 3.05) is 13.7 Å². The molecule has 0 aliphatic rings. The fraction of sp³-hybridized carbons (Fsp3) is 0.424. The van der Waals surface area contributed by atoms with Crippen molar-refractivity contribution < 1.29 is 33.3 Å². The molecular weight excluding hydrogens is 508 g/mol. The minimum absolute atomic E-state index is 0.250. The quantitative estimate of drug-likeness (QED) is 0.100. The highest BCUT2D eigenvalue weighted by Gasteiger charge is 2.33. The Morgan fingerprint density at radius 1 is 0.825 bits per heavy atom. The number of allylic oxidation sites excluding steroid dienone is 2. The maximum absolute atomic E-state index is 13.0. The van der Waals surface area contributed by atoms with Gasteiger partial charge in [0.15, 0.2) is 17.3 Å². The van der Waals surface area contributed by atoms with Gasteiger partial charge in [-0.25, -0.2) is 0 Å². The van der Waals surface area contributed by atoms with Crippen LogP contribution >= 0.6 is 0 Å². The van der Waals surface area contributed by atoms with Crippen molar-refractivity contribution in [3.8, 4) is 23.0 Å². The Kier molecular flexibility index (Phi) is 10.1. The molecule has 40 heavy (non-hydrogen) atoms. The monoisotopic (exact) mass is 550 g/mol. The molecule has 0 N–H and O–H groups in total. The molecule has 0 spiro atoms. The van der Waals surface area contributed by atoms with E-state index in [1.807, 2.05) is 26.8 Å². The van der Waals surface area contributed by atoms with E-state index >= 15 is 0 Å². The van der Waals surface area contributed by atoms with E-state index in [-0.39, 0.29) is 23.3 Å². The average molecular weight is 551 g/mol. The smallest absolute Gasteiger partial charge is 0.316 e. The second kappa shape index (κ2) is 12.5. The Morgan fingerprint density at radius 3 is 1.85 bits per heavy atom. The summed E-state index contributed by atoms with van der Waals surface area (Å²) in [5.74, 6) is 0.161. The lowest BCUT2D eigenvalue weighted by atomic mass is 9.82. The van der Waals surface area contributed by atoms with Crippen molar-refractivity contribution in [2.24, 2.45) is 10.8 Å². The Labute approximate surface area is 238 Å². The Balaban J connectivity index is 2.56. The molecule has 0 aliphatic carbocycles. The van der Waals surface area contributed by atoms with Crippen LogP contribution in [-0.2, 0) is 15.0 Å². The summed E-state index contributed by atoms with van der Waals surface area (Å²) < 4.78 is 22.9. The number of hydrogen-bond donors (Lipinski definition) is 0. The van der Waals surface area contributed by atoms with E-state index in [2.05, 4.69) is 6.58 Å². The van der Waals surface area contributed by atoms with Gasteiger partial charge < -0.3 is 18.9 Å². The molecule has 0 bridgehead atoms. The predicted molar refractivity (Wildman–Crippen MR) is 157 cm³/mol. The van der Waals surface area contributed by atoms with E-state index in [9.17, 15) is 14.4 Å². The molecule has 7 heteroatoms. The summed E-state index contributed by atoms with van der Waals surface area (Å²) in [6.45, 7) is 20.6. The third-order valence-electron chi connectivity index (χ3n) is 6.10. The maximum atomic E-state index is 13.0. The number of ketones is 1. The molecule has 2 aromatic rings. The van der Waals surface area contributed by atoms with E-state index in [1.54, 1.807) is 78.0 Å². The standard InChI is InChI=1S/C33H42O7/c1-12-33(9,10)24-20-22(26(38-13-2)28(37-11)27(24)40-30(36)32(6,7)8)16-19-25(34)21-14-17-23(18-15-21)39-29(35)31(3,4)5/h12,14-20H,1,13H2,2-11H3. The summed E-state index contributed by atoms with van der Waals surface area (Å²) in [6.07, 6.45) is 4.82. The van der Waals surface area contributed by atoms with Crippen LogP contribution in [0, 0.1) is 10.8 Å². The molecule has 0 amide bonds. The first-order chi connectivity index (χ1) is 18.5. The molecule has 0 aliphatic heterocycles. The topological polar surface area (TPSA) is 88.1 Å². The Hall–Kier alpha value is -3.87. The van der Waals surface area contributed by atoms with Crippen LogP contribution in [0.2, 0.25) is 0 Å². The molecule has 0 heterocycles. The second-order valence-corrected chi connectivity index (χ2v) is 12.1. The van der Waals surface area contributed by atoms with Gasteiger partial charge in [0, 0.05) is 22.1 Å². The maximum Gasteiger partial charge on any atom is 0.316 e. The van der Waals surface area contributed by atoms with E-state index < -0.39 is 22.2 Å². The largest absolute Gasteiger partial charge is 0.490 e. The minimum Gasteiger partial charge on any atom is -0.490 e. The number of esters is 2. The van der Waals surface area contributed by atoms with Crippen LogP contribution in [0.15, 0.2) is 49.1 Å². The van der Waals surface area contributed by atoms with Gasteiger partial charge in [0.25, 0.3) is 0 Å². The fourth-order valence-electron chi connectivity index (χ4n) is 3.39. The van der Waals surface area contributed by atoms with Crippen molar-refractivity contribution in [1.82, 2.24) is 0 Å². The van der Waals surface area contributed by atoms with Gasteiger partial charge in [-0.05, 0) is 91.0 Å². The minimum atomic E-state index is -0.752. The molecule has 0 aromatic heterocycles. The molecule has 0 saturated heterocycles. The molecule has 0 saturated carbocycles. The number of hydrogen-bond acceptors (Lipinski definition) is 7. The van der Waals surface area contributed by atoms with Crippen molar-refractivity contribution in [1.29, 1.82) is 0 Å². The van der Waals surface area contributed by atoms with E-state index in [0.717, 1.165) is 0 Å². The molecule has 0 unspecified atom stereocenters. The molecular formula is C33H42O7. The number of ether oxygens (including phenoxy) is 4. The molecule has 0 atom stereocenters.